The van der Waals surface area contributed by atoms with Crippen LogP contribution in [0.15, 0.2) is 70.0 Å². The highest BCUT2D eigenvalue weighted by atomic mass is 32.2. The Kier molecular flexibility index (Phi) is 14.4. The van der Waals surface area contributed by atoms with Gasteiger partial charge in [-0.15, -0.1) is 11.3 Å². The minimum atomic E-state index is -4.05. The van der Waals surface area contributed by atoms with E-state index in [-0.39, 0.29) is 42.3 Å². The van der Waals surface area contributed by atoms with E-state index in [0.29, 0.717) is 38.2 Å². The number of benzene rings is 2. The molecule has 2 fully saturated rings. The second-order valence-corrected chi connectivity index (χ2v) is 16.9. The van der Waals surface area contributed by atoms with Gasteiger partial charge in [-0.2, -0.15) is 4.31 Å². The van der Waals surface area contributed by atoms with Crippen molar-refractivity contribution in [1.82, 2.24) is 24.4 Å². The SMILES string of the molecule is CC[C@H](C)[C@@H](C(=O)N[C@@H](Cc1ccccc1)[C@H](O)CN(CC1CCCC1)S(=O)(=O)c1ccc(/C=N/O)cc1)N1CCN(Cc2csc(COC)n2)C1=O. The molecule has 0 unspecified atom stereocenters. The van der Waals surface area contributed by atoms with Crippen LogP contribution >= 0.6 is 11.3 Å². The summed E-state index contributed by atoms with van der Waals surface area (Å²) < 4.78 is 34.8. The molecule has 0 spiro atoms. The predicted molar refractivity (Wildman–Crippen MR) is 203 cm³/mol. The Bertz CT molecular complexity index is 1770. The van der Waals surface area contributed by atoms with Gasteiger partial charge in [-0.1, -0.05) is 80.7 Å². The van der Waals surface area contributed by atoms with Gasteiger partial charge in [-0.25, -0.2) is 18.2 Å². The van der Waals surface area contributed by atoms with Gasteiger partial charge in [0.1, 0.15) is 11.0 Å². The zero-order chi connectivity index (χ0) is 38.0. The molecule has 13 nitrogen and oxygen atoms in total. The van der Waals surface area contributed by atoms with Gasteiger partial charge in [-0.05, 0) is 54.4 Å². The summed E-state index contributed by atoms with van der Waals surface area (Å²) in [5, 5.41) is 29.7. The highest BCUT2D eigenvalue weighted by Gasteiger charge is 2.41. The quantitative estimate of drug-likeness (QED) is 0.0896. The Hall–Kier alpha value is -3.89. The van der Waals surface area contributed by atoms with Crippen LogP contribution in [-0.4, -0.2) is 107 Å². The fourth-order valence-corrected chi connectivity index (χ4v) is 9.48. The number of urea groups is 1. The Balaban J connectivity index is 1.38. The third kappa shape index (κ3) is 10.4. The number of hydrogen-bond donors (Lipinski definition) is 3. The number of ether oxygens (including phenoxy) is 1. The second kappa shape index (κ2) is 18.9. The van der Waals surface area contributed by atoms with E-state index in [1.54, 1.807) is 29.0 Å². The van der Waals surface area contributed by atoms with E-state index in [4.69, 9.17) is 9.94 Å². The molecule has 0 radical (unpaired) electrons. The summed E-state index contributed by atoms with van der Waals surface area (Å²) in [7, 11) is -2.45. The van der Waals surface area contributed by atoms with Crippen LogP contribution < -0.4 is 5.32 Å². The first kappa shape index (κ1) is 40.3. The first-order valence-corrected chi connectivity index (χ1v) is 20.6. The van der Waals surface area contributed by atoms with E-state index >= 15 is 0 Å². The molecular formula is C38H52N6O7S2. The molecule has 53 heavy (non-hydrogen) atoms. The van der Waals surface area contributed by atoms with Crippen LogP contribution in [-0.2, 0) is 39.1 Å². The van der Waals surface area contributed by atoms with Gasteiger partial charge in [0.25, 0.3) is 0 Å². The van der Waals surface area contributed by atoms with Crippen molar-refractivity contribution in [3.63, 3.8) is 0 Å². The number of nitrogens with one attached hydrogen (secondary N) is 1. The lowest BCUT2D eigenvalue weighted by Gasteiger charge is -2.35. The van der Waals surface area contributed by atoms with Gasteiger partial charge in [-0.3, -0.25) is 4.79 Å². The van der Waals surface area contributed by atoms with E-state index in [9.17, 15) is 23.1 Å². The largest absolute Gasteiger partial charge is 0.411 e. The number of rotatable bonds is 19. The number of carbonyl (C=O) groups excluding carboxylic acids is 2. The van der Waals surface area contributed by atoms with Gasteiger partial charge in [0, 0.05) is 38.7 Å². The molecule has 1 aliphatic heterocycles. The van der Waals surface area contributed by atoms with Crippen molar-refractivity contribution >= 4 is 39.5 Å². The monoisotopic (exact) mass is 768 g/mol. The summed E-state index contributed by atoms with van der Waals surface area (Å²) in [4.78, 5) is 36.1. The van der Waals surface area contributed by atoms with Crippen molar-refractivity contribution < 1.29 is 33.1 Å². The fraction of sp³-hybridized carbons (Fsp3) is 0.526. The summed E-state index contributed by atoms with van der Waals surface area (Å²) in [6.07, 6.45) is 4.66. The maximum absolute atomic E-state index is 14.4. The van der Waals surface area contributed by atoms with Crippen molar-refractivity contribution in [2.45, 2.75) is 88.6 Å². The highest BCUT2D eigenvalue weighted by molar-refractivity contribution is 7.89. The summed E-state index contributed by atoms with van der Waals surface area (Å²) in [6, 6.07) is 13.6. The number of hydrogen-bond acceptors (Lipinski definition) is 10. The van der Waals surface area contributed by atoms with Crippen molar-refractivity contribution in [2.75, 3.05) is 33.3 Å². The average Bonchev–Trinajstić information content (AvgIpc) is 3.92. The molecule has 1 aromatic heterocycles. The van der Waals surface area contributed by atoms with Gasteiger partial charge in [0.2, 0.25) is 15.9 Å². The van der Waals surface area contributed by atoms with Crippen LogP contribution in [0.3, 0.4) is 0 Å². The molecule has 1 saturated heterocycles. The van der Waals surface area contributed by atoms with Crippen LogP contribution in [0.1, 0.15) is 67.8 Å². The molecular weight excluding hydrogens is 717 g/mol. The average molecular weight is 769 g/mol. The summed E-state index contributed by atoms with van der Waals surface area (Å²) in [6.45, 7) is 5.43. The van der Waals surface area contributed by atoms with Crippen LogP contribution in [0.5, 0.6) is 0 Å². The predicted octanol–water partition coefficient (Wildman–Crippen LogP) is 4.72. The number of oxime groups is 1. The number of sulfonamides is 1. The number of carbonyl (C=O) groups is 2. The molecule has 288 valence electrons. The lowest BCUT2D eigenvalue weighted by atomic mass is 9.95. The van der Waals surface area contributed by atoms with E-state index in [0.717, 1.165) is 41.9 Å². The van der Waals surface area contributed by atoms with E-state index in [2.05, 4.69) is 15.5 Å². The molecule has 3 amide bonds. The van der Waals surface area contributed by atoms with Crippen LogP contribution in [0, 0.1) is 11.8 Å². The highest BCUT2D eigenvalue weighted by Crippen LogP contribution is 2.29. The summed E-state index contributed by atoms with van der Waals surface area (Å²) >= 11 is 1.47. The van der Waals surface area contributed by atoms with E-state index in [1.165, 1.54) is 34.0 Å². The first-order chi connectivity index (χ1) is 25.5. The Morgan fingerprint density at radius 1 is 1.15 bits per heavy atom. The smallest absolute Gasteiger partial charge is 0.321 e. The van der Waals surface area contributed by atoms with Gasteiger partial charge >= 0.3 is 6.03 Å². The van der Waals surface area contributed by atoms with E-state index < -0.39 is 34.1 Å². The Morgan fingerprint density at radius 3 is 2.53 bits per heavy atom. The van der Waals surface area contributed by atoms with Crippen molar-refractivity contribution in [3.05, 3.63) is 81.8 Å². The maximum atomic E-state index is 14.4. The zero-order valence-electron chi connectivity index (χ0n) is 30.7. The number of methoxy groups -OCH3 is 1. The molecule has 0 bridgehead atoms. The molecule has 2 aromatic carbocycles. The molecule has 1 aliphatic carbocycles. The Morgan fingerprint density at radius 2 is 1.87 bits per heavy atom. The van der Waals surface area contributed by atoms with Crippen molar-refractivity contribution in [1.29, 1.82) is 0 Å². The van der Waals surface area contributed by atoms with Crippen LogP contribution in [0.2, 0.25) is 0 Å². The standard InChI is InChI=1S/C38H52N6O7S2/c1-4-27(2)36(44-19-18-42(38(44)47)23-31-26-52-35(40-31)25-51-3)37(46)41-33(20-28-10-6-5-7-11-28)34(45)24-43(22-30-12-8-9-13-30)53(49,50)32-16-14-29(15-17-32)21-39-48/h5-7,10-11,14-17,21,26-27,30,33-34,36,45,48H,4,8-9,12-13,18-20,22-25H2,1-3H3,(H,41,46)/b39-21+/t27-,33-,34+,36-/m0/s1. The third-order valence-corrected chi connectivity index (χ3v) is 13.0. The van der Waals surface area contributed by atoms with Crippen LogP contribution in [0.25, 0.3) is 0 Å². The van der Waals surface area contributed by atoms with Crippen molar-refractivity contribution in [2.24, 2.45) is 17.0 Å². The number of thiazole rings is 1. The van der Waals surface area contributed by atoms with Crippen molar-refractivity contribution in [3.8, 4) is 0 Å². The molecule has 2 heterocycles. The molecule has 5 rings (SSSR count). The molecule has 15 heteroatoms. The minimum absolute atomic E-state index is 0.0583. The maximum Gasteiger partial charge on any atom is 0.321 e. The minimum Gasteiger partial charge on any atom is -0.411 e. The molecule has 1 saturated carbocycles. The Labute approximate surface area is 316 Å². The summed E-state index contributed by atoms with van der Waals surface area (Å²) in [5.74, 6) is -0.439. The van der Waals surface area contributed by atoms with Crippen LogP contribution in [0.4, 0.5) is 4.79 Å². The first-order valence-electron chi connectivity index (χ1n) is 18.3. The molecule has 3 aromatic rings. The van der Waals surface area contributed by atoms with Gasteiger partial charge < -0.3 is 30.2 Å². The zero-order valence-corrected chi connectivity index (χ0v) is 32.3. The second-order valence-electron chi connectivity index (χ2n) is 14.1. The third-order valence-electron chi connectivity index (χ3n) is 10.3. The number of aliphatic hydroxyl groups excluding tert-OH is 1. The molecule has 3 N–H and O–H groups in total. The topological polar surface area (TPSA) is 165 Å². The van der Waals surface area contributed by atoms with Gasteiger partial charge in [0.05, 0.1) is 42.1 Å². The molecule has 4 atom stereocenters. The number of amides is 3. The lowest BCUT2D eigenvalue weighted by molar-refractivity contribution is -0.128. The summed E-state index contributed by atoms with van der Waals surface area (Å²) in [5.41, 5.74) is 2.16. The fourth-order valence-electron chi connectivity index (χ4n) is 7.19. The number of aliphatic hydroxyl groups is 1. The lowest BCUT2D eigenvalue weighted by Crippen LogP contribution is -2.57. The number of nitrogens with zero attached hydrogens (tertiary/aromatic N) is 5. The normalized spacial score (nSPS) is 17.9. The number of aromatic nitrogens is 1. The van der Waals surface area contributed by atoms with Gasteiger partial charge in [0.15, 0.2) is 0 Å². The van der Waals surface area contributed by atoms with E-state index in [1.807, 2.05) is 49.6 Å². The molecule has 2 aliphatic rings.